The molecule has 0 heterocycles. The van der Waals surface area contributed by atoms with E-state index in [1.54, 1.807) is 42.5 Å². The number of anilines is 2. The molecule has 0 spiro atoms. The van der Waals surface area contributed by atoms with Crippen molar-refractivity contribution in [3.63, 3.8) is 0 Å². The van der Waals surface area contributed by atoms with Crippen molar-refractivity contribution in [1.82, 2.24) is 0 Å². The molecule has 10 heteroatoms. The highest BCUT2D eigenvalue weighted by molar-refractivity contribution is 9.10. The third-order valence-corrected chi connectivity index (χ3v) is 5.92. The van der Waals surface area contributed by atoms with E-state index in [1.807, 2.05) is 0 Å². The molecule has 148 valence electrons. The number of nitro benzene ring substituents is 1. The standard InChI is InChI=1S/C19H13Br2N3O4S/c20-12-1-4-14(5-2-12)22-19(25)17-11-13(21)3-10-18(17)23-29(28)16-8-6-15(7-9-16)24(26)27/h1-11,23H,(H,22,25). The Morgan fingerprint density at radius 3 is 2.17 bits per heavy atom. The van der Waals surface area contributed by atoms with E-state index in [-0.39, 0.29) is 17.2 Å². The number of nitrogens with zero attached hydrogens (tertiary/aromatic N) is 1. The maximum absolute atomic E-state index is 12.8. The van der Waals surface area contributed by atoms with Gasteiger partial charge in [0, 0.05) is 26.8 Å². The first-order valence-electron chi connectivity index (χ1n) is 8.13. The lowest BCUT2D eigenvalue weighted by molar-refractivity contribution is -0.384. The fraction of sp³-hybridized carbons (Fsp3) is 0. The summed E-state index contributed by atoms with van der Waals surface area (Å²) in [5, 5.41) is 13.5. The molecule has 3 aromatic rings. The molecule has 0 aliphatic heterocycles. The van der Waals surface area contributed by atoms with Crippen molar-refractivity contribution in [2.75, 3.05) is 10.0 Å². The second-order valence-corrected chi connectivity index (χ2v) is 8.82. The number of carbonyl (C=O) groups is 1. The van der Waals surface area contributed by atoms with Crippen LogP contribution >= 0.6 is 31.9 Å². The number of non-ortho nitro benzene ring substituents is 1. The SMILES string of the molecule is O=C(Nc1ccc(Br)cc1)c1cc(Br)ccc1NS(=O)c1ccc([N+](=O)[O-])cc1. The monoisotopic (exact) mass is 537 g/mol. The molecule has 0 saturated heterocycles. The van der Waals surface area contributed by atoms with E-state index in [1.165, 1.54) is 24.3 Å². The summed E-state index contributed by atoms with van der Waals surface area (Å²) in [6, 6.07) is 17.4. The highest BCUT2D eigenvalue weighted by atomic mass is 79.9. The summed E-state index contributed by atoms with van der Waals surface area (Å²) in [7, 11) is -1.71. The number of hydrogen-bond donors (Lipinski definition) is 2. The van der Waals surface area contributed by atoms with Gasteiger partial charge in [-0.1, -0.05) is 31.9 Å². The van der Waals surface area contributed by atoms with Crippen LogP contribution in [0.3, 0.4) is 0 Å². The molecule has 3 aromatic carbocycles. The van der Waals surface area contributed by atoms with Gasteiger partial charge >= 0.3 is 0 Å². The summed E-state index contributed by atoms with van der Waals surface area (Å²) in [6.07, 6.45) is 0. The quantitative estimate of drug-likeness (QED) is 0.319. The molecule has 1 atom stereocenters. The van der Waals surface area contributed by atoms with Crippen molar-refractivity contribution in [3.05, 3.63) is 91.4 Å². The van der Waals surface area contributed by atoms with E-state index in [9.17, 15) is 19.1 Å². The molecule has 0 radical (unpaired) electrons. The van der Waals surface area contributed by atoms with Crippen LogP contribution < -0.4 is 10.0 Å². The zero-order valence-electron chi connectivity index (χ0n) is 14.6. The van der Waals surface area contributed by atoms with E-state index in [0.29, 0.717) is 20.7 Å². The van der Waals surface area contributed by atoms with Crippen molar-refractivity contribution in [2.45, 2.75) is 4.90 Å². The first-order valence-corrected chi connectivity index (χ1v) is 10.9. The molecule has 0 aliphatic rings. The van der Waals surface area contributed by atoms with Crippen LogP contribution in [-0.4, -0.2) is 15.0 Å². The van der Waals surface area contributed by atoms with Crippen LogP contribution in [0.15, 0.2) is 80.6 Å². The highest BCUT2D eigenvalue weighted by Crippen LogP contribution is 2.25. The molecule has 2 N–H and O–H groups in total. The Morgan fingerprint density at radius 2 is 1.55 bits per heavy atom. The first kappa shape index (κ1) is 21.2. The van der Waals surface area contributed by atoms with Gasteiger partial charge in [-0.3, -0.25) is 14.9 Å². The Balaban J connectivity index is 1.82. The summed E-state index contributed by atoms with van der Waals surface area (Å²) >= 11 is 6.68. The molecular formula is C19H13Br2N3O4S. The van der Waals surface area contributed by atoms with Crippen molar-refractivity contribution in [3.8, 4) is 0 Å². The molecule has 0 aromatic heterocycles. The number of nitrogens with one attached hydrogen (secondary N) is 2. The van der Waals surface area contributed by atoms with Gasteiger partial charge in [-0.25, -0.2) is 4.21 Å². The molecule has 0 aliphatic carbocycles. The Kier molecular flexibility index (Phi) is 6.78. The van der Waals surface area contributed by atoms with E-state index in [2.05, 4.69) is 41.9 Å². The van der Waals surface area contributed by atoms with Gasteiger partial charge in [-0.15, -0.1) is 0 Å². The minimum absolute atomic E-state index is 0.0936. The van der Waals surface area contributed by atoms with E-state index in [4.69, 9.17) is 0 Å². The Labute approximate surface area is 185 Å². The van der Waals surface area contributed by atoms with Crippen LogP contribution in [-0.2, 0) is 11.0 Å². The average molecular weight is 539 g/mol. The van der Waals surface area contributed by atoms with E-state index in [0.717, 1.165) is 4.47 Å². The van der Waals surface area contributed by atoms with Crippen LogP contribution in [0.4, 0.5) is 17.1 Å². The summed E-state index contributed by atoms with van der Waals surface area (Å²) in [5.74, 6) is -0.378. The first-order chi connectivity index (χ1) is 13.8. The number of carbonyl (C=O) groups excluding carboxylic acids is 1. The van der Waals surface area contributed by atoms with Crippen LogP contribution in [0.5, 0.6) is 0 Å². The number of benzene rings is 3. The van der Waals surface area contributed by atoms with Crippen molar-refractivity contribution in [1.29, 1.82) is 0 Å². The molecule has 0 saturated carbocycles. The van der Waals surface area contributed by atoms with Gasteiger partial charge in [0.2, 0.25) is 0 Å². The van der Waals surface area contributed by atoms with Gasteiger partial charge in [0.05, 0.1) is 21.1 Å². The number of rotatable bonds is 6. The predicted molar refractivity (Wildman–Crippen MR) is 119 cm³/mol. The second-order valence-electron chi connectivity index (χ2n) is 5.77. The van der Waals surface area contributed by atoms with Gasteiger partial charge in [-0.05, 0) is 54.6 Å². The maximum Gasteiger partial charge on any atom is 0.269 e. The minimum Gasteiger partial charge on any atom is -0.322 e. The number of nitro groups is 1. The van der Waals surface area contributed by atoms with Gasteiger partial charge in [0.15, 0.2) is 0 Å². The largest absolute Gasteiger partial charge is 0.322 e. The third kappa shape index (κ3) is 5.49. The summed E-state index contributed by atoms with van der Waals surface area (Å²) in [5.41, 5.74) is 1.17. The lowest BCUT2D eigenvalue weighted by Gasteiger charge is -2.13. The molecule has 0 bridgehead atoms. The molecule has 0 fully saturated rings. The minimum atomic E-state index is -1.71. The third-order valence-electron chi connectivity index (χ3n) is 3.79. The normalized spacial score (nSPS) is 11.5. The van der Waals surface area contributed by atoms with Crippen molar-refractivity contribution < 1.29 is 13.9 Å². The Morgan fingerprint density at radius 1 is 0.931 bits per heavy atom. The maximum atomic E-state index is 12.8. The number of amides is 1. The second kappa shape index (κ2) is 9.29. The molecule has 29 heavy (non-hydrogen) atoms. The molecule has 1 unspecified atom stereocenters. The number of hydrogen-bond acceptors (Lipinski definition) is 4. The summed E-state index contributed by atoms with van der Waals surface area (Å²) in [4.78, 5) is 23.3. The lowest BCUT2D eigenvalue weighted by atomic mass is 10.1. The number of halogens is 2. The van der Waals surface area contributed by atoms with Crippen molar-refractivity contribution in [2.24, 2.45) is 0 Å². The van der Waals surface area contributed by atoms with Crippen molar-refractivity contribution >= 4 is 65.8 Å². The van der Waals surface area contributed by atoms with Crippen LogP contribution in [0, 0.1) is 10.1 Å². The fourth-order valence-electron chi connectivity index (χ4n) is 2.38. The Bertz CT molecular complexity index is 1090. The van der Waals surface area contributed by atoms with Crippen LogP contribution in [0.25, 0.3) is 0 Å². The van der Waals surface area contributed by atoms with Gasteiger partial charge in [-0.2, -0.15) is 0 Å². The molecule has 1 amide bonds. The van der Waals surface area contributed by atoms with E-state index >= 15 is 0 Å². The predicted octanol–water partition coefficient (Wildman–Crippen LogP) is 5.51. The highest BCUT2D eigenvalue weighted by Gasteiger charge is 2.16. The zero-order chi connectivity index (χ0) is 21.0. The average Bonchev–Trinajstić information content (AvgIpc) is 2.71. The van der Waals surface area contributed by atoms with Gasteiger partial charge < -0.3 is 10.0 Å². The lowest BCUT2D eigenvalue weighted by Crippen LogP contribution is -2.16. The molecular weight excluding hydrogens is 526 g/mol. The molecule has 3 rings (SSSR count). The van der Waals surface area contributed by atoms with Crippen LogP contribution in [0.2, 0.25) is 0 Å². The van der Waals surface area contributed by atoms with Gasteiger partial charge in [0.25, 0.3) is 11.6 Å². The van der Waals surface area contributed by atoms with Crippen LogP contribution in [0.1, 0.15) is 10.4 Å². The fourth-order valence-corrected chi connectivity index (χ4v) is 3.88. The zero-order valence-corrected chi connectivity index (χ0v) is 18.6. The van der Waals surface area contributed by atoms with E-state index < -0.39 is 15.9 Å². The smallest absolute Gasteiger partial charge is 0.269 e. The Hall–Kier alpha value is -2.56. The summed E-state index contributed by atoms with van der Waals surface area (Å²) < 4.78 is 17.0. The molecule has 7 nitrogen and oxygen atoms in total. The summed E-state index contributed by atoms with van der Waals surface area (Å²) in [6.45, 7) is 0. The van der Waals surface area contributed by atoms with Gasteiger partial charge in [0.1, 0.15) is 11.0 Å². The topological polar surface area (TPSA) is 101 Å².